The molecule has 0 spiro atoms. The number of aromatic nitrogens is 1. The summed E-state index contributed by atoms with van der Waals surface area (Å²) in [6.45, 7) is 3.13. The summed E-state index contributed by atoms with van der Waals surface area (Å²) >= 11 is 0. The van der Waals surface area contributed by atoms with Crippen molar-refractivity contribution in [2.75, 3.05) is 30.4 Å². The predicted molar refractivity (Wildman–Crippen MR) is 86.0 cm³/mol. The van der Waals surface area contributed by atoms with Gasteiger partial charge in [-0.3, -0.25) is 0 Å². The highest BCUT2D eigenvalue weighted by Gasteiger charge is 2.11. The van der Waals surface area contributed by atoms with Gasteiger partial charge in [-0.2, -0.15) is 0 Å². The first-order valence-corrected chi connectivity index (χ1v) is 7.43. The molecule has 3 rings (SSSR count). The maximum atomic E-state index is 5.06. The first-order chi connectivity index (χ1) is 10.3. The maximum Gasteiger partial charge on any atom is 0.212 e. The summed E-state index contributed by atoms with van der Waals surface area (Å²) in [7, 11) is 1.63. The molecule has 1 aliphatic heterocycles. The number of anilines is 2. The molecule has 1 aliphatic rings. The van der Waals surface area contributed by atoms with Gasteiger partial charge in [0.25, 0.3) is 0 Å². The molecule has 1 aromatic heterocycles. The quantitative estimate of drug-likeness (QED) is 0.913. The van der Waals surface area contributed by atoms with Crippen LogP contribution in [-0.4, -0.2) is 25.2 Å². The van der Waals surface area contributed by atoms with Gasteiger partial charge in [-0.05, 0) is 42.7 Å². The number of pyridine rings is 1. The van der Waals surface area contributed by atoms with Crippen LogP contribution in [0.2, 0.25) is 0 Å². The van der Waals surface area contributed by atoms with E-state index in [0.29, 0.717) is 5.88 Å². The first kappa shape index (κ1) is 13.7. The fourth-order valence-corrected chi connectivity index (χ4v) is 2.61. The van der Waals surface area contributed by atoms with Gasteiger partial charge >= 0.3 is 0 Å². The largest absolute Gasteiger partial charge is 0.481 e. The Morgan fingerprint density at radius 2 is 1.86 bits per heavy atom. The molecule has 0 bridgehead atoms. The van der Waals surface area contributed by atoms with Crippen LogP contribution in [0.5, 0.6) is 5.88 Å². The summed E-state index contributed by atoms with van der Waals surface area (Å²) in [5.41, 5.74) is 3.59. The lowest BCUT2D eigenvalue weighted by Gasteiger charge is -2.18. The van der Waals surface area contributed by atoms with Crippen LogP contribution in [0.4, 0.5) is 11.4 Å². The van der Waals surface area contributed by atoms with E-state index in [1.54, 1.807) is 7.11 Å². The van der Waals surface area contributed by atoms with E-state index >= 15 is 0 Å². The van der Waals surface area contributed by atoms with Gasteiger partial charge in [0.2, 0.25) is 5.88 Å². The lowest BCUT2D eigenvalue weighted by atomic mass is 10.2. The number of nitrogens with one attached hydrogen (secondary N) is 1. The average molecular weight is 283 g/mol. The molecule has 2 heterocycles. The zero-order valence-electron chi connectivity index (χ0n) is 12.4. The molecule has 2 aromatic rings. The molecule has 110 valence electrons. The van der Waals surface area contributed by atoms with Crippen LogP contribution < -0.4 is 15.0 Å². The van der Waals surface area contributed by atoms with Gasteiger partial charge in [-0.1, -0.05) is 6.07 Å². The lowest BCUT2D eigenvalue weighted by molar-refractivity contribution is 0.397. The molecule has 1 aromatic carbocycles. The zero-order valence-corrected chi connectivity index (χ0v) is 12.4. The maximum absolute atomic E-state index is 5.06. The molecule has 0 atom stereocenters. The van der Waals surface area contributed by atoms with Gasteiger partial charge < -0.3 is 15.0 Å². The Hall–Kier alpha value is -2.23. The second-order valence-corrected chi connectivity index (χ2v) is 5.30. The predicted octanol–water partition coefficient (Wildman–Crippen LogP) is 3.30. The number of nitrogens with zero attached hydrogens (tertiary/aromatic N) is 2. The van der Waals surface area contributed by atoms with Crippen LogP contribution in [0.3, 0.4) is 0 Å². The number of benzene rings is 1. The fourth-order valence-electron chi connectivity index (χ4n) is 2.61. The minimum atomic E-state index is 0.647. The van der Waals surface area contributed by atoms with E-state index in [1.807, 2.05) is 18.3 Å². The van der Waals surface area contributed by atoms with Crippen molar-refractivity contribution in [2.24, 2.45) is 0 Å². The first-order valence-electron chi connectivity index (χ1n) is 7.43. The summed E-state index contributed by atoms with van der Waals surface area (Å²) in [5, 5.41) is 3.42. The molecule has 1 N–H and O–H groups in total. The molecule has 1 saturated heterocycles. The molecule has 0 radical (unpaired) electrons. The van der Waals surface area contributed by atoms with Crippen molar-refractivity contribution in [3.8, 4) is 5.88 Å². The molecule has 0 aliphatic carbocycles. The summed E-state index contributed by atoms with van der Waals surface area (Å²) in [5.74, 6) is 0.647. The molecule has 0 amide bonds. The number of hydrogen-bond acceptors (Lipinski definition) is 4. The number of hydrogen-bond donors (Lipinski definition) is 1. The topological polar surface area (TPSA) is 37.4 Å². The number of rotatable bonds is 5. The van der Waals surface area contributed by atoms with Crippen LogP contribution in [0.15, 0.2) is 42.6 Å². The summed E-state index contributed by atoms with van der Waals surface area (Å²) in [6.07, 6.45) is 4.46. The number of methoxy groups -OCH3 is 1. The Morgan fingerprint density at radius 3 is 2.48 bits per heavy atom. The Bertz CT molecular complexity index is 560. The van der Waals surface area contributed by atoms with Crippen molar-refractivity contribution in [2.45, 2.75) is 19.4 Å². The second kappa shape index (κ2) is 6.48. The molecular formula is C17H21N3O. The van der Waals surface area contributed by atoms with Crippen molar-refractivity contribution >= 4 is 11.4 Å². The normalized spacial score (nSPS) is 14.2. The van der Waals surface area contributed by atoms with E-state index in [0.717, 1.165) is 17.8 Å². The highest BCUT2D eigenvalue weighted by molar-refractivity contribution is 5.55. The molecule has 0 saturated carbocycles. The highest BCUT2D eigenvalue weighted by atomic mass is 16.5. The van der Waals surface area contributed by atoms with Crippen LogP contribution in [-0.2, 0) is 6.54 Å². The Balaban J connectivity index is 1.57. The van der Waals surface area contributed by atoms with Crippen molar-refractivity contribution in [1.82, 2.24) is 4.98 Å². The van der Waals surface area contributed by atoms with Crippen LogP contribution in [0.1, 0.15) is 18.4 Å². The van der Waals surface area contributed by atoms with Gasteiger partial charge in [0, 0.05) is 43.3 Å². The van der Waals surface area contributed by atoms with Gasteiger partial charge in [-0.25, -0.2) is 4.98 Å². The molecule has 21 heavy (non-hydrogen) atoms. The zero-order chi connectivity index (χ0) is 14.5. The second-order valence-electron chi connectivity index (χ2n) is 5.30. The summed E-state index contributed by atoms with van der Waals surface area (Å²) < 4.78 is 5.06. The Labute approximate surface area is 125 Å². The summed E-state index contributed by atoms with van der Waals surface area (Å²) in [4.78, 5) is 6.65. The smallest absolute Gasteiger partial charge is 0.212 e. The van der Waals surface area contributed by atoms with E-state index in [-0.39, 0.29) is 0 Å². The van der Waals surface area contributed by atoms with Crippen molar-refractivity contribution in [3.05, 3.63) is 48.2 Å². The van der Waals surface area contributed by atoms with Crippen LogP contribution in [0, 0.1) is 0 Å². The van der Waals surface area contributed by atoms with E-state index in [1.165, 1.54) is 31.6 Å². The minimum Gasteiger partial charge on any atom is -0.481 e. The van der Waals surface area contributed by atoms with Crippen LogP contribution >= 0.6 is 0 Å². The summed E-state index contributed by atoms with van der Waals surface area (Å²) in [6, 6.07) is 12.6. The van der Waals surface area contributed by atoms with E-state index in [2.05, 4.69) is 39.5 Å². The van der Waals surface area contributed by atoms with Crippen LogP contribution in [0.25, 0.3) is 0 Å². The van der Waals surface area contributed by atoms with Gasteiger partial charge in [-0.15, -0.1) is 0 Å². The molecule has 4 nitrogen and oxygen atoms in total. The Morgan fingerprint density at radius 1 is 1.10 bits per heavy atom. The monoisotopic (exact) mass is 283 g/mol. The number of ether oxygens (including phenoxy) is 1. The van der Waals surface area contributed by atoms with Crippen molar-refractivity contribution < 1.29 is 4.74 Å². The molecule has 0 unspecified atom stereocenters. The Kier molecular flexibility index (Phi) is 4.24. The molecule has 1 fully saturated rings. The van der Waals surface area contributed by atoms with E-state index < -0.39 is 0 Å². The molecule has 4 heteroatoms. The third-order valence-electron chi connectivity index (χ3n) is 3.84. The average Bonchev–Trinajstić information content (AvgIpc) is 3.08. The highest BCUT2D eigenvalue weighted by Crippen LogP contribution is 2.22. The minimum absolute atomic E-state index is 0.647. The van der Waals surface area contributed by atoms with Gasteiger partial charge in [0.15, 0.2) is 0 Å². The van der Waals surface area contributed by atoms with E-state index in [4.69, 9.17) is 4.74 Å². The fraction of sp³-hybridized carbons (Fsp3) is 0.353. The third kappa shape index (κ3) is 3.45. The third-order valence-corrected chi connectivity index (χ3v) is 3.84. The van der Waals surface area contributed by atoms with Gasteiger partial charge in [0.05, 0.1) is 7.11 Å². The van der Waals surface area contributed by atoms with Gasteiger partial charge in [0.1, 0.15) is 0 Å². The standard InChI is InChI=1S/C17H21N3O/c1-21-17-9-4-14(13-19-17)12-18-15-5-7-16(8-6-15)20-10-2-3-11-20/h4-9,13,18H,2-3,10-12H2,1H3. The SMILES string of the molecule is COc1ccc(CNc2ccc(N3CCCC3)cc2)cn1. The molecular weight excluding hydrogens is 262 g/mol. The van der Waals surface area contributed by atoms with Crippen molar-refractivity contribution in [1.29, 1.82) is 0 Å². The van der Waals surface area contributed by atoms with E-state index in [9.17, 15) is 0 Å². The lowest BCUT2D eigenvalue weighted by Crippen LogP contribution is -2.17. The van der Waals surface area contributed by atoms with Crippen molar-refractivity contribution in [3.63, 3.8) is 0 Å².